The van der Waals surface area contributed by atoms with Crippen molar-refractivity contribution in [1.82, 2.24) is 0 Å². The lowest BCUT2D eigenvalue weighted by atomic mass is 10.3. The Morgan fingerprint density at radius 1 is 1.16 bits per heavy atom. The molecule has 1 aromatic heterocycles. The van der Waals surface area contributed by atoms with Crippen molar-refractivity contribution in [1.29, 1.82) is 0 Å². The Kier molecular flexibility index (Phi) is 4.05. The van der Waals surface area contributed by atoms with Crippen molar-refractivity contribution in [2.75, 3.05) is 4.72 Å². The largest absolute Gasteiger partial charge is 0.446 e. The SMILES string of the molecule is NCc1ccc(S(=O)(=O)Nc2cc(Cl)cc(Cl)c2)o1. The Hall–Kier alpha value is -1.21. The van der Waals surface area contributed by atoms with E-state index in [1.54, 1.807) is 0 Å². The molecule has 3 N–H and O–H groups in total. The number of furan rings is 1. The van der Waals surface area contributed by atoms with Gasteiger partial charge in [0.1, 0.15) is 5.76 Å². The van der Waals surface area contributed by atoms with E-state index in [9.17, 15) is 8.42 Å². The molecule has 0 aliphatic carbocycles. The van der Waals surface area contributed by atoms with Crippen molar-refractivity contribution < 1.29 is 12.8 Å². The minimum Gasteiger partial charge on any atom is -0.446 e. The van der Waals surface area contributed by atoms with E-state index < -0.39 is 10.0 Å². The van der Waals surface area contributed by atoms with Crippen LogP contribution in [0.15, 0.2) is 39.8 Å². The van der Waals surface area contributed by atoms with Gasteiger partial charge >= 0.3 is 0 Å². The van der Waals surface area contributed by atoms with Crippen LogP contribution in [0.1, 0.15) is 5.76 Å². The highest BCUT2D eigenvalue weighted by Crippen LogP contribution is 2.25. The summed E-state index contributed by atoms with van der Waals surface area (Å²) in [6.07, 6.45) is 0. The summed E-state index contributed by atoms with van der Waals surface area (Å²) in [6.45, 7) is 0.124. The van der Waals surface area contributed by atoms with E-state index in [0.717, 1.165) is 0 Å². The highest BCUT2D eigenvalue weighted by atomic mass is 35.5. The van der Waals surface area contributed by atoms with E-state index in [1.165, 1.54) is 30.3 Å². The molecule has 0 bridgehead atoms. The van der Waals surface area contributed by atoms with Crippen LogP contribution in [-0.4, -0.2) is 8.42 Å². The summed E-state index contributed by atoms with van der Waals surface area (Å²) >= 11 is 11.6. The predicted molar refractivity (Wildman–Crippen MR) is 73.9 cm³/mol. The Morgan fingerprint density at radius 2 is 1.79 bits per heavy atom. The van der Waals surface area contributed by atoms with Crippen LogP contribution in [0.25, 0.3) is 0 Å². The van der Waals surface area contributed by atoms with Crippen LogP contribution in [0, 0.1) is 0 Å². The molecule has 0 radical (unpaired) electrons. The number of halogens is 2. The van der Waals surface area contributed by atoms with Gasteiger partial charge in [-0.3, -0.25) is 4.72 Å². The molecule has 0 saturated carbocycles. The van der Waals surface area contributed by atoms with Gasteiger partial charge in [-0.1, -0.05) is 23.2 Å². The maximum Gasteiger partial charge on any atom is 0.295 e. The summed E-state index contributed by atoms with van der Waals surface area (Å²) < 4.78 is 31.5. The van der Waals surface area contributed by atoms with Crippen LogP contribution in [0.3, 0.4) is 0 Å². The molecule has 2 aromatic rings. The lowest BCUT2D eigenvalue weighted by Crippen LogP contribution is -2.12. The molecule has 0 spiro atoms. The van der Waals surface area contributed by atoms with Crippen LogP contribution in [0.5, 0.6) is 0 Å². The molecule has 0 amide bonds. The van der Waals surface area contributed by atoms with Crippen molar-refractivity contribution in [3.8, 4) is 0 Å². The second-order valence-electron chi connectivity index (χ2n) is 3.69. The third-order valence-electron chi connectivity index (χ3n) is 2.22. The standard InChI is InChI=1S/C11H10Cl2N2O3S/c12-7-3-8(13)5-9(4-7)15-19(16,17)11-2-1-10(6-14)18-11/h1-5,15H,6,14H2. The molecule has 1 aromatic carbocycles. The highest BCUT2D eigenvalue weighted by molar-refractivity contribution is 7.92. The number of sulfonamides is 1. The molecule has 5 nitrogen and oxygen atoms in total. The van der Waals surface area contributed by atoms with Crippen molar-refractivity contribution in [2.45, 2.75) is 11.6 Å². The molecule has 102 valence electrons. The van der Waals surface area contributed by atoms with Crippen molar-refractivity contribution in [3.05, 3.63) is 46.1 Å². The van der Waals surface area contributed by atoms with Crippen LogP contribution in [0.4, 0.5) is 5.69 Å². The van der Waals surface area contributed by atoms with Crippen molar-refractivity contribution in [3.63, 3.8) is 0 Å². The summed E-state index contributed by atoms with van der Waals surface area (Å²) in [4.78, 5) is 0. The molecule has 0 aliphatic heterocycles. The molecule has 8 heteroatoms. The zero-order valence-electron chi connectivity index (χ0n) is 9.56. The first-order valence-corrected chi connectivity index (χ1v) is 7.42. The summed E-state index contributed by atoms with van der Waals surface area (Å²) in [7, 11) is -3.83. The van der Waals surface area contributed by atoms with Crippen molar-refractivity contribution >= 4 is 38.9 Å². The van der Waals surface area contributed by atoms with E-state index >= 15 is 0 Å². The zero-order chi connectivity index (χ0) is 14.0. The summed E-state index contributed by atoms with van der Waals surface area (Å²) in [6, 6.07) is 7.21. The number of anilines is 1. The van der Waals surface area contributed by atoms with Gasteiger partial charge in [-0.15, -0.1) is 0 Å². The van der Waals surface area contributed by atoms with Crippen molar-refractivity contribution in [2.24, 2.45) is 5.73 Å². The molecule has 0 saturated heterocycles. The first-order chi connectivity index (χ1) is 8.90. The van der Waals surface area contributed by atoms with E-state index in [-0.39, 0.29) is 17.3 Å². The number of nitrogens with two attached hydrogens (primary N) is 1. The van der Waals surface area contributed by atoms with Crippen LogP contribution in [0.2, 0.25) is 10.0 Å². The first-order valence-electron chi connectivity index (χ1n) is 5.18. The Bertz CT molecular complexity index is 677. The van der Waals surface area contributed by atoms with Crippen LogP contribution >= 0.6 is 23.2 Å². The number of benzene rings is 1. The highest BCUT2D eigenvalue weighted by Gasteiger charge is 2.19. The predicted octanol–water partition coefficient (Wildman–Crippen LogP) is 2.85. The fourth-order valence-electron chi connectivity index (χ4n) is 1.43. The van der Waals surface area contributed by atoms with E-state index in [1.807, 2.05) is 0 Å². The van der Waals surface area contributed by atoms with E-state index in [0.29, 0.717) is 15.8 Å². The average Bonchev–Trinajstić information content (AvgIpc) is 2.75. The van der Waals surface area contributed by atoms with Gasteiger partial charge in [0.2, 0.25) is 5.09 Å². The maximum absolute atomic E-state index is 12.0. The Balaban J connectivity index is 2.30. The minimum atomic E-state index is -3.83. The van der Waals surface area contributed by atoms with Gasteiger partial charge in [0, 0.05) is 10.0 Å². The number of nitrogens with one attached hydrogen (secondary N) is 1. The topological polar surface area (TPSA) is 85.3 Å². The molecular formula is C11H10Cl2N2O3S. The van der Waals surface area contributed by atoms with Gasteiger partial charge in [-0.05, 0) is 30.3 Å². The number of hydrogen-bond donors (Lipinski definition) is 2. The smallest absolute Gasteiger partial charge is 0.295 e. The molecular weight excluding hydrogens is 311 g/mol. The number of hydrogen-bond acceptors (Lipinski definition) is 4. The minimum absolute atomic E-state index is 0.124. The maximum atomic E-state index is 12.0. The third kappa shape index (κ3) is 3.42. The summed E-state index contributed by atoms with van der Waals surface area (Å²) in [5.41, 5.74) is 5.61. The van der Waals surface area contributed by atoms with E-state index in [2.05, 4.69) is 4.72 Å². The Morgan fingerprint density at radius 3 is 2.32 bits per heavy atom. The van der Waals surface area contributed by atoms with Crippen LogP contribution < -0.4 is 10.5 Å². The van der Waals surface area contributed by atoms with Gasteiger partial charge in [-0.2, -0.15) is 8.42 Å². The van der Waals surface area contributed by atoms with Gasteiger partial charge in [-0.25, -0.2) is 0 Å². The molecule has 19 heavy (non-hydrogen) atoms. The van der Waals surface area contributed by atoms with Crippen LogP contribution in [-0.2, 0) is 16.6 Å². The quantitative estimate of drug-likeness (QED) is 0.907. The fourth-order valence-corrected chi connectivity index (χ4v) is 2.95. The lowest BCUT2D eigenvalue weighted by Gasteiger charge is -2.06. The first kappa shape index (κ1) is 14.2. The molecule has 0 unspecified atom stereocenters. The number of rotatable bonds is 4. The lowest BCUT2D eigenvalue weighted by molar-refractivity contribution is 0.417. The van der Waals surface area contributed by atoms with E-state index in [4.69, 9.17) is 33.4 Å². The molecule has 0 atom stereocenters. The molecule has 0 aliphatic rings. The molecule has 1 heterocycles. The second-order valence-corrected chi connectivity index (χ2v) is 6.17. The summed E-state index contributed by atoms with van der Waals surface area (Å²) in [5, 5.41) is 0.434. The zero-order valence-corrected chi connectivity index (χ0v) is 11.9. The average molecular weight is 321 g/mol. The monoisotopic (exact) mass is 320 g/mol. The third-order valence-corrected chi connectivity index (χ3v) is 3.91. The normalized spacial score (nSPS) is 11.5. The molecule has 0 fully saturated rings. The Labute approximate surface area is 120 Å². The summed E-state index contributed by atoms with van der Waals surface area (Å²) in [5.74, 6) is 0.379. The van der Waals surface area contributed by atoms with Gasteiger partial charge in [0.25, 0.3) is 10.0 Å². The fraction of sp³-hybridized carbons (Fsp3) is 0.0909. The van der Waals surface area contributed by atoms with Gasteiger partial charge < -0.3 is 10.2 Å². The molecule has 2 rings (SSSR count). The van der Waals surface area contributed by atoms with Gasteiger partial charge in [0.15, 0.2) is 0 Å². The van der Waals surface area contributed by atoms with Gasteiger partial charge in [0.05, 0.1) is 12.2 Å². The second kappa shape index (κ2) is 5.42.